The topological polar surface area (TPSA) is 32.3 Å². The van der Waals surface area contributed by atoms with E-state index in [-0.39, 0.29) is 11.9 Å². The average molecular weight is 184 g/mol. The minimum Gasteiger partial charge on any atom is -0.328 e. The van der Waals surface area contributed by atoms with Gasteiger partial charge in [-0.2, -0.15) is 0 Å². The molecule has 1 aliphatic heterocycles. The monoisotopic (exact) mass is 184 g/mol. The predicted octanol–water partition coefficient (Wildman–Crippen LogP) is 1.20. The fourth-order valence-electron chi connectivity index (χ4n) is 1.58. The third-order valence-electron chi connectivity index (χ3n) is 2.78. The normalized spacial score (nSPS) is 25.3. The zero-order chi connectivity index (χ0) is 9.84. The van der Waals surface area contributed by atoms with Crippen LogP contribution in [0.3, 0.4) is 0 Å². The maximum absolute atomic E-state index is 11.7. The van der Waals surface area contributed by atoms with Crippen molar-refractivity contribution in [3.8, 4) is 0 Å². The highest BCUT2D eigenvalue weighted by Crippen LogP contribution is 2.10. The van der Waals surface area contributed by atoms with Crippen molar-refractivity contribution >= 4 is 5.91 Å². The Bertz CT molecular complexity index is 182. The van der Waals surface area contributed by atoms with Crippen LogP contribution < -0.4 is 5.32 Å². The lowest BCUT2D eigenvalue weighted by Crippen LogP contribution is -2.32. The third kappa shape index (κ3) is 2.44. The lowest BCUT2D eigenvalue weighted by Gasteiger charge is -2.19. The summed E-state index contributed by atoms with van der Waals surface area (Å²) in [4.78, 5) is 13.6. The fraction of sp³-hybridized carbons (Fsp3) is 0.900. The Morgan fingerprint density at radius 2 is 2.31 bits per heavy atom. The first kappa shape index (κ1) is 10.5. The van der Waals surface area contributed by atoms with Crippen molar-refractivity contribution in [2.24, 2.45) is 5.92 Å². The summed E-state index contributed by atoms with van der Waals surface area (Å²) in [7, 11) is 0. The summed E-state index contributed by atoms with van der Waals surface area (Å²) in [6.45, 7) is 8.03. The molecule has 0 aliphatic carbocycles. The molecule has 1 N–H and O–H groups in total. The second-order valence-corrected chi connectivity index (χ2v) is 3.90. The highest BCUT2D eigenvalue weighted by molar-refractivity contribution is 5.83. The molecule has 0 aromatic carbocycles. The molecule has 3 heteroatoms. The highest BCUT2D eigenvalue weighted by atomic mass is 16.2. The van der Waals surface area contributed by atoms with Crippen LogP contribution in [0, 0.1) is 5.92 Å². The van der Waals surface area contributed by atoms with E-state index in [1.54, 1.807) is 0 Å². The number of hydrogen-bond donors (Lipinski definition) is 1. The number of carbonyl (C=O) groups is 1. The van der Waals surface area contributed by atoms with Crippen molar-refractivity contribution in [3.05, 3.63) is 0 Å². The Hall–Kier alpha value is -0.570. The summed E-state index contributed by atoms with van der Waals surface area (Å²) in [5, 5.41) is 3.21. The third-order valence-corrected chi connectivity index (χ3v) is 2.78. The van der Waals surface area contributed by atoms with E-state index in [2.05, 4.69) is 19.2 Å². The summed E-state index contributed by atoms with van der Waals surface area (Å²) in [6, 6.07) is 0.0732. The van der Waals surface area contributed by atoms with Gasteiger partial charge in [-0.3, -0.25) is 10.1 Å². The van der Waals surface area contributed by atoms with Crippen LogP contribution in [0.4, 0.5) is 0 Å². The minimum absolute atomic E-state index is 0.0732. The SMILES string of the molecule is CCC(C)CN1CNC(CC)C1=O. The van der Waals surface area contributed by atoms with E-state index in [4.69, 9.17) is 0 Å². The van der Waals surface area contributed by atoms with E-state index in [1.807, 2.05) is 11.8 Å². The molecule has 2 atom stereocenters. The Labute approximate surface area is 80.5 Å². The first-order valence-electron chi connectivity index (χ1n) is 5.21. The van der Waals surface area contributed by atoms with Crippen LogP contribution in [0.2, 0.25) is 0 Å². The molecule has 0 saturated carbocycles. The maximum atomic E-state index is 11.7. The molecule has 1 saturated heterocycles. The molecule has 1 aliphatic rings. The van der Waals surface area contributed by atoms with Gasteiger partial charge in [-0.25, -0.2) is 0 Å². The summed E-state index contributed by atoms with van der Waals surface area (Å²) >= 11 is 0. The van der Waals surface area contributed by atoms with Crippen molar-refractivity contribution in [3.63, 3.8) is 0 Å². The first-order valence-corrected chi connectivity index (χ1v) is 5.21. The van der Waals surface area contributed by atoms with E-state index >= 15 is 0 Å². The van der Waals surface area contributed by atoms with Gasteiger partial charge in [0.25, 0.3) is 0 Å². The first-order chi connectivity index (χ1) is 6.19. The van der Waals surface area contributed by atoms with Gasteiger partial charge < -0.3 is 4.90 Å². The van der Waals surface area contributed by atoms with E-state index in [1.165, 1.54) is 0 Å². The van der Waals surface area contributed by atoms with Gasteiger partial charge in [-0.05, 0) is 12.3 Å². The van der Waals surface area contributed by atoms with E-state index < -0.39 is 0 Å². The minimum atomic E-state index is 0.0732. The summed E-state index contributed by atoms with van der Waals surface area (Å²) in [6.07, 6.45) is 2.04. The number of nitrogens with one attached hydrogen (secondary N) is 1. The molecule has 0 radical (unpaired) electrons. The molecule has 1 amide bonds. The Balaban J connectivity index is 2.41. The maximum Gasteiger partial charge on any atom is 0.240 e. The Morgan fingerprint density at radius 3 is 2.77 bits per heavy atom. The summed E-state index contributed by atoms with van der Waals surface area (Å²) < 4.78 is 0. The van der Waals surface area contributed by atoms with Crippen molar-refractivity contribution in [2.45, 2.75) is 39.7 Å². The van der Waals surface area contributed by atoms with Gasteiger partial charge in [0, 0.05) is 6.54 Å². The van der Waals surface area contributed by atoms with Gasteiger partial charge in [0.05, 0.1) is 12.7 Å². The quantitative estimate of drug-likeness (QED) is 0.712. The zero-order valence-electron chi connectivity index (χ0n) is 8.84. The molecule has 0 bridgehead atoms. The molecule has 76 valence electrons. The Kier molecular flexibility index (Phi) is 3.72. The predicted molar refractivity (Wildman–Crippen MR) is 53.2 cm³/mol. The Morgan fingerprint density at radius 1 is 1.62 bits per heavy atom. The van der Waals surface area contributed by atoms with Crippen molar-refractivity contribution in [2.75, 3.05) is 13.2 Å². The van der Waals surface area contributed by atoms with Gasteiger partial charge in [-0.1, -0.05) is 27.2 Å². The van der Waals surface area contributed by atoms with Gasteiger partial charge in [0.15, 0.2) is 0 Å². The van der Waals surface area contributed by atoms with Crippen LogP contribution in [-0.2, 0) is 4.79 Å². The molecule has 1 rings (SSSR count). The van der Waals surface area contributed by atoms with Crippen LogP contribution in [0.1, 0.15) is 33.6 Å². The molecule has 2 unspecified atom stereocenters. The molecule has 0 spiro atoms. The zero-order valence-corrected chi connectivity index (χ0v) is 8.84. The van der Waals surface area contributed by atoms with E-state index in [0.717, 1.165) is 26.1 Å². The average Bonchev–Trinajstić information content (AvgIpc) is 2.48. The molecular formula is C10H20N2O. The van der Waals surface area contributed by atoms with Crippen molar-refractivity contribution in [1.29, 1.82) is 0 Å². The molecule has 0 aromatic heterocycles. The van der Waals surface area contributed by atoms with Crippen LogP contribution in [0.15, 0.2) is 0 Å². The van der Waals surface area contributed by atoms with Crippen molar-refractivity contribution in [1.82, 2.24) is 10.2 Å². The number of hydrogen-bond acceptors (Lipinski definition) is 2. The van der Waals surface area contributed by atoms with Gasteiger partial charge in [-0.15, -0.1) is 0 Å². The highest BCUT2D eigenvalue weighted by Gasteiger charge is 2.29. The lowest BCUT2D eigenvalue weighted by molar-refractivity contribution is -0.129. The molecule has 13 heavy (non-hydrogen) atoms. The fourth-order valence-corrected chi connectivity index (χ4v) is 1.58. The second-order valence-electron chi connectivity index (χ2n) is 3.90. The van der Waals surface area contributed by atoms with Crippen LogP contribution in [0.5, 0.6) is 0 Å². The summed E-state index contributed by atoms with van der Waals surface area (Å²) in [5.41, 5.74) is 0. The molecule has 1 fully saturated rings. The number of nitrogens with zero attached hydrogens (tertiary/aromatic N) is 1. The van der Waals surface area contributed by atoms with Crippen LogP contribution >= 0.6 is 0 Å². The summed E-state index contributed by atoms with van der Waals surface area (Å²) in [5.74, 6) is 0.893. The lowest BCUT2D eigenvalue weighted by atomic mass is 10.1. The molecule has 3 nitrogen and oxygen atoms in total. The van der Waals surface area contributed by atoms with Crippen LogP contribution in [-0.4, -0.2) is 30.1 Å². The standard InChI is InChI=1S/C10H20N2O/c1-4-8(3)6-12-7-11-9(5-2)10(12)13/h8-9,11H,4-7H2,1-3H3. The largest absolute Gasteiger partial charge is 0.328 e. The van der Waals surface area contributed by atoms with Crippen molar-refractivity contribution < 1.29 is 4.79 Å². The molecular weight excluding hydrogens is 164 g/mol. The van der Waals surface area contributed by atoms with Gasteiger partial charge in [0.2, 0.25) is 5.91 Å². The molecule has 0 aromatic rings. The van der Waals surface area contributed by atoms with E-state index in [0.29, 0.717) is 5.92 Å². The van der Waals surface area contributed by atoms with E-state index in [9.17, 15) is 4.79 Å². The van der Waals surface area contributed by atoms with Gasteiger partial charge in [0.1, 0.15) is 0 Å². The van der Waals surface area contributed by atoms with Gasteiger partial charge >= 0.3 is 0 Å². The number of rotatable bonds is 4. The second kappa shape index (κ2) is 4.61. The van der Waals surface area contributed by atoms with Crippen LogP contribution in [0.25, 0.3) is 0 Å². The number of amides is 1. The smallest absolute Gasteiger partial charge is 0.240 e. The molecule has 1 heterocycles. The number of carbonyl (C=O) groups excluding carboxylic acids is 1.